The van der Waals surface area contributed by atoms with Crippen LogP contribution in [0, 0.1) is 11.8 Å². The second-order valence-electron chi connectivity index (χ2n) is 9.22. The predicted molar refractivity (Wildman–Crippen MR) is 131 cm³/mol. The molecule has 3 aromatic rings. The van der Waals surface area contributed by atoms with Gasteiger partial charge in [-0.25, -0.2) is 19.9 Å². The van der Waals surface area contributed by atoms with E-state index in [-0.39, 0.29) is 23.9 Å². The van der Waals surface area contributed by atoms with E-state index in [4.69, 9.17) is 11.6 Å². The van der Waals surface area contributed by atoms with E-state index >= 15 is 0 Å². The van der Waals surface area contributed by atoms with E-state index in [1.165, 1.54) is 24.7 Å². The van der Waals surface area contributed by atoms with Gasteiger partial charge in [0.1, 0.15) is 34.9 Å². The summed E-state index contributed by atoms with van der Waals surface area (Å²) in [7, 11) is 1.94. The van der Waals surface area contributed by atoms with E-state index in [9.17, 15) is 4.79 Å². The molecule has 1 amide bonds. The third kappa shape index (κ3) is 4.35. The Morgan fingerprint density at radius 3 is 2.91 bits per heavy atom. The molecule has 2 fully saturated rings. The summed E-state index contributed by atoms with van der Waals surface area (Å²) in [4.78, 5) is 32.4. The number of carbonyl (C=O) groups is 1. The van der Waals surface area contributed by atoms with Gasteiger partial charge in [0.05, 0.1) is 12.2 Å². The van der Waals surface area contributed by atoms with Crippen LogP contribution < -0.4 is 10.6 Å². The predicted octanol–water partition coefficient (Wildman–Crippen LogP) is 3.61. The largest absolute Gasteiger partial charge is 0.364 e. The average molecular weight is 477 g/mol. The van der Waals surface area contributed by atoms with E-state index in [1.807, 2.05) is 24.3 Å². The molecular weight excluding hydrogens is 452 g/mol. The summed E-state index contributed by atoms with van der Waals surface area (Å²) in [5.41, 5.74) is 3.23. The maximum absolute atomic E-state index is 12.8. The molecule has 0 aromatic carbocycles. The lowest BCUT2D eigenvalue weighted by molar-refractivity contribution is -0.117. The molecule has 2 aliphatic carbocycles. The molecule has 9 nitrogen and oxygen atoms in total. The number of aromatic nitrogens is 4. The van der Waals surface area contributed by atoms with Crippen molar-refractivity contribution in [3.05, 3.63) is 60.5 Å². The minimum absolute atomic E-state index is 0.0595. The molecule has 0 radical (unpaired) electrons. The lowest BCUT2D eigenvalue weighted by Crippen LogP contribution is -2.32. The number of aliphatic imine (C=N–C) groups is 1. The number of nitrogens with zero attached hydrogens (tertiary/aromatic N) is 6. The molecule has 3 aromatic heterocycles. The topological polar surface area (TPSA) is 99.8 Å². The Bertz CT molecular complexity index is 1310. The van der Waals surface area contributed by atoms with Crippen LogP contribution in [0.4, 0.5) is 11.6 Å². The van der Waals surface area contributed by atoms with Gasteiger partial charge in [-0.3, -0.25) is 4.79 Å². The van der Waals surface area contributed by atoms with Crippen molar-refractivity contribution in [2.75, 3.05) is 17.7 Å². The Balaban J connectivity index is 1.06. The van der Waals surface area contributed by atoms with E-state index < -0.39 is 0 Å². The van der Waals surface area contributed by atoms with Gasteiger partial charge in [-0.2, -0.15) is 0 Å². The van der Waals surface area contributed by atoms with Crippen LogP contribution in [-0.2, 0) is 11.3 Å². The summed E-state index contributed by atoms with van der Waals surface area (Å²) in [5, 5.41) is 6.66. The second-order valence-corrected chi connectivity index (χ2v) is 9.61. The van der Waals surface area contributed by atoms with Crippen molar-refractivity contribution in [3.8, 4) is 0 Å². The molecule has 2 saturated carbocycles. The zero-order valence-corrected chi connectivity index (χ0v) is 19.5. The van der Waals surface area contributed by atoms with Crippen LogP contribution in [0.5, 0.6) is 0 Å². The molecule has 0 spiro atoms. The van der Waals surface area contributed by atoms with Gasteiger partial charge >= 0.3 is 0 Å². The van der Waals surface area contributed by atoms with Crippen molar-refractivity contribution >= 4 is 40.0 Å². The summed E-state index contributed by atoms with van der Waals surface area (Å²) >= 11 is 6.05. The first-order valence-electron chi connectivity index (χ1n) is 11.5. The van der Waals surface area contributed by atoms with E-state index in [0.717, 1.165) is 17.8 Å². The Kier molecular flexibility index (Phi) is 5.21. The average Bonchev–Trinajstić information content (AvgIpc) is 3.76. The number of pyridine rings is 1. The Hall–Kier alpha value is -3.46. The zero-order chi connectivity index (χ0) is 23.2. The molecular formula is C24H25ClN8O. The minimum atomic E-state index is -0.114. The van der Waals surface area contributed by atoms with Gasteiger partial charge in [0, 0.05) is 43.5 Å². The van der Waals surface area contributed by atoms with E-state index in [1.54, 1.807) is 12.1 Å². The highest BCUT2D eigenvalue weighted by atomic mass is 35.5. The summed E-state index contributed by atoms with van der Waals surface area (Å²) in [6.45, 7) is 0.524. The maximum atomic E-state index is 12.8. The number of halogens is 1. The first kappa shape index (κ1) is 21.1. The molecule has 2 N–H and O–H groups in total. The maximum Gasteiger partial charge on any atom is 0.229 e. The summed E-state index contributed by atoms with van der Waals surface area (Å²) < 4.78 is 2.08. The Morgan fingerprint density at radius 1 is 1.21 bits per heavy atom. The lowest BCUT2D eigenvalue weighted by Gasteiger charge is -2.26. The number of fused-ring (bicyclic) bond motifs is 1. The number of hydrogen-bond acceptors (Lipinski definition) is 7. The fourth-order valence-electron chi connectivity index (χ4n) is 4.50. The van der Waals surface area contributed by atoms with Gasteiger partial charge in [0.25, 0.3) is 0 Å². The van der Waals surface area contributed by atoms with Crippen molar-refractivity contribution in [1.29, 1.82) is 0 Å². The standard InChI is InChI=1S/C24H25ClN8O/c1-32-7-6-19(25)30-23(32)17-8-18(17)24(34)31-21-9-20(27-13-28-21)26-10-16-12-33-11-15(14-2-3-14)4-5-22(33)29-16/h4-7,9,11-14,17-18,23H,2-3,8,10H2,1H3,(H2,26,27,28,31,34)/t17-,18-,23?/m0/s1. The summed E-state index contributed by atoms with van der Waals surface area (Å²) in [6.07, 6.45) is 12.5. The van der Waals surface area contributed by atoms with Gasteiger partial charge in [-0.15, -0.1) is 0 Å². The molecule has 0 saturated heterocycles. The quantitative estimate of drug-likeness (QED) is 0.540. The highest BCUT2D eigenvalue weighted by Crippen LogP contribution is 2.45. The highest BCUT2D eigenvalue weighted by molar-refractivity contribution is 6.68. The summed E-state index contributed by atoms with van der Waals surface area (Å²) in [5.74, 6) is 1.77. The van der Waals surface area contributed by atoms with Crippen LogP contribution in [0.3, 0.4) is 0 Å². The van der Waals surface area contributed by atoms with Gasteiger partial charge in [0.15, 0.2) is 0 Å². The van der Waals surface area contributed by atoms with Crippen LogP contribution in [-0.4, -0.2) is 48.5 Å². The zero-order valence-electron chi connectivity index (χ0n) is 18.7. The molecule has 4 heterocycles. The van der Waals surface area contributed by atoms with E-state index in [0.29, 0.717) is 29.3 Å². The van der Waals surface area contributed by atoms with Crippen LogP contribution in [0.15, 0.2) is 54.2 Å². The Morgan fingerprint density at radius 2 is 2.06 bits per heavy atom. The minimum Gasteiger partial charge on any atom is -0.364 e. The number of hydrogen-bond donors (Lipinski definition) is 2. The smallest absolute Gasteiger partial charge is 0.229 e. The van der Waals surface area contributed by atoms with Crippen molar-refractivity contribution in [1.82, 2.24) is 24.3 Å². The van der Waals surface area contributed by atoms with Gasteiger partial charge in [-0.1, -0.05) is 17.7 Å². The van der Waals surface area contributed by atoms with Crippen molar-refractivity contribution < 1.29 is 4.79 Å². The Labute approximate surface area is 202 Å². The lowest BCUT2D eigenvalue weighted by atomic mass is 10.2. The van der Waals surface area contributed by atoms with Crippen LogP contribution in [0.1, 0.15) is 36.4 Å². The van der Waals surface area contributed by atoms with Gasteiger partial charge < -0.3 is 19.9 Å². The normalized spacial score (nSPS) is 23.6. The number of amides is 1. The third-order valence-corrected chi connectivity index (χ3v) is 6.84. The second kappa shape index (κ2) is 8.39. The first-order valence-corrected chi connectivity index (χ1v) is 11.9. The number of rotatable bonds is 7. The van der Waals surface area contributed by atoms with Crippen LogP contribution in [0.25, 0.3) is 5.65 Å². The number of imidazole rings is 1. The SMILES string of the molecule is CN1C=CC(Cl)=NC1[C@H]1C[C@@H]1C(=O)Nc1cc(NCc2cn3cc(C4CC4)ccc3n2)ncn1. The van der Waals surface area contributed by atoms with Crippen LogP contribution in [0.2, 0.25) is 0 Å². The number of carbonyl (C=O) groups excluding carboxylic acids is 1. The van der Waals surface area contributed by atoms with Crippen molar-refractivity contribution in [2.45, 2.75) is 37.9 Å². The summed E-state index contributed by atoms with van der Waals surface area (Å²) in [6, 6.07) is 5.98. The van der Waals surface area contributed by atoms with Gasteiger partial charge in [-0.05, 0) is 42.9 Å². The first-order chi connectivity index (χ1) is 16.5. The van der Waals surface area contributed by atoms with Crippen molar-refractivity contribution in [3.63, 3.8) is 0 Å². The molecule has 10 heteroatoms. The van der Waals surface area contributed by atoms with Gasteiger partial charge in [0.2, 0.25) is 5.91 Å². The molecule has 34 heavy (non-hydrogen) atoms. The number of allylic oxidation sites excluding steroid dienone is 1. The molecule has 1 unspecified atom stereocenters. The van der Waals surface area contributed by atoms with Crippen LogP contribution >= 0.6 is 11.6 Å². The molecule has 6 rings (SSSR count). The molecule has 174 valence electrons. The molecule has 1 aliphatic heterocycles. The highest BCUT2D eigenvalue weighted by Gasteiger charge is 2.49. The molecule has 3 atom stereocenters. The van der Waals surface area contributed by atoms with Crippen molar-refractivity contribution in [2.24, 2.45) is 16.8 Å². The number of anilines is 2. The van der Waals surface area contributed by atoms with E-state index in [2.05, 4.69) is 53.3 Å². The third-order valence-electron chi connectivity index (χ3n) is 6.62. The fraction of sp³-hybridized carbons (Fsp3) is 0.375. The monoisotopic (exact) mass is 476 g/mol. The number of nitrogens with one attached hydrogen (secondary N) is 2. The fourth-order valence-corrected chi connectivity index (χ4v) is 4.65. The molecule has 0 bridgehead atoms. The molecule has 3 aliphatic rings.